The lowest BCUT2D eigenvalue weighted by atomic mass is 9.90. The summed E-state index contributed by atoms with van der Waals surface area (Å²) in [5.74, 6) is 0. The second-order valence-corrected chi connectivity index (χ2v) is 12.8. The second kappa shape index (κ2) is 11.5. The summed E-state index contributed by atoms with van der Waals surface area (Å²) >= 11 is 0. The molecule has 0 aliphatic carbocycles. The third kappa shape index (κ3) is 4.88. The van der Waals surface area contributed by atoms with Gasteiger partial charge in [-0.2, -0.15) is 0 Å². The highest BCUT2D eigenvalue weighted by molar-refractivity contribution is 6.24. The summed E-state index contributed by atoms with van der Waals surface area (Å²) in [7, 11) is 0. The standard InChI is InChI=1S/C43H40/c1(2-4-6-8-12-30-18-20-36-24-22-32-14-10-16-34-26-28-38(30)42(36)40(32)34)3-5-7-9-13-31-19-21-37-25-23-33-15-11-17-35-27-29-39(31)43(37)41(33)35/h10-11,14-29H,1-9,12-13H2. The van der Waals surface area contributed by atoms with Gasteiger partial charge in [0.25, 0.3) is 0 Å². The predicted octanol–water partition coefficient (Wildman–Crippen LogP) is 12.8. The van der Waals surface area contributed by atoms with Gasteiger partial charge in [0.1, 0.15) is 0 Å². The Morgan fingerprint density at radius 1 is 0.256 bits per heavy atom. The third-order valence-electron chi connectivity index (χ3n) is 10.1. The highest BCUT2D eigenvalue weighted by atomic mass is 14.2. The van der Waals surface area contributed by atoms with E-state index in [-0.39, 0.29) is 0 Å². The van der Waals surface area contributed by atoms with Crippen LogP contribution in [0.25, 0.3) is 64.6 Å². The normalized spacial score (nSPS) is 12.3. The van der Waals surface area contributed by atoms with Gasteiger partial charge in [-0.3, -0.25) is 0 Å². The van der Waals surface area contributed by atoms with Gasteiger partial charge < -0.3 is 0 Å². The summed E-state index contributed by atoms with van der Waals surface area (Å²) in [5.41, 5.74) is 3.05. The Hall–Kier alpha value is -4.16. The maximum Gasteiger partial charge on any atom is -0.00240 e. The molecule has 43 heavy (non-hydrogen) atoms. The van der Waals surface area contributed by atoms with Crippen molar-refractivity contribution in [3.8, 4) is 0 Å². The van der Waals surface area contributed by atoms with E-state index in [4.69, 9.17) is 0 Å². The van der Waals surface area contributed by atoms with Crippen LogP contribution in [0.1, 0.15) is 68.9 Å². The maximum absolute atomic E-state index is 2.38. The van der Waals surface area contributed by atoms with E-state index in [9.17, 15) is 0 Å². The van der Waals surface area contributed by atoms with E-state index in [1.165, 1.54) is 146 Å². The van der Waals surface area contributed by atoms with Gasteiger partial charge in [0, 0.05) is 0 Å². The number of unbranched alkanes of at least 4 members (excludes halogenated alkanes) is 8. The molecular formula is C43H40. The lowest BCUT2D eigenvalue weighted by molar-refractivity contribution is 0.559. The lowest BCUT2D eigenvalue weighted by Gasteiger charge is -2.14. The minimum atomic E-state index is 1.19. The SMILES string of the molecule is c1cc2ccc3ccc(CCCCCCCCCCCc4ccc5ccc6cccc7ccc4c5c67)c4ccc(c1)c2c34. The predicted molar refractivity (Wildman–Crippen MR) is 189 cm³/mol. The zero-order valence-electron chi connectivity index (χ0n) is 25.2. The maximum atomic E-state index is 2.38. The van der Waals surface area contributed by atoms with E-state index in [0.717, 1.165) is 0 Å². The summed E-state index contributed by atoms with van der Waals surface area (Å²) in [4.78, 5) is 0. The summed E-state index contributed by atoms with van der Waals surface area (Å²) in [6, 6.07) is 41.3. The zero-order valence-corrected chi connectivity index (χ0v) is 25.2. The van der Waals surface area contributed by atoms with Gasteiger partial charge in [-0.1, -0.05) is 154 Å². The molecule has 0 N–H and O–H groups in total. The van der Waals surface area contributed by atoms with Gasteiger partial charge in [-0.15, -0.1) is 0 Å². The number of hydrogen-bond donors (Lipinski definition) is 0. The molecule has 0 aliphatic rings. The van der Waals surface area contributed by atoms with Crippen molar-refractivity contribution in [1.29, 1.82) is 0 Å². The van der Waals surface area contributed by atoms with Crippen molar-refractivity contribution >= 4 is 64.6 Å². The van der Waals surface area contributed by atoms with E-state index in [1.807, 2.05) is 0 Å². The van der Waals surface area contributed by atoms with E-state index in [0.29, 0.717) is 0 Å². The largest absolute Gasteiger partial charge is 0.0610 e. The molecule has 0 aliphatic heterocycles. The Balaban J connectivity index is 0.786. The average Bonchev–Trinajstić information content (AvgIpc) is 3.06. The van der Waals surface area contributed by atoms with Crippen LogP contribution in [-0.2, 0) is 12.8 Å². The number of benzene rings is 8. The minimum Gasteiger partial charge on any atom is -0.0610 e. The molecule has 0 aromatic heterocycles. The molecule has 0 saturated heterocycles. The fraction of sp³-hybridized carbons (Fsp3) is 0.256. The van der Waals surface area contributed by atoms with Crippen LogP contribution in [0, 0.1) is 0 Å². The average molecular weight is 557 g/mol. The van der Waals surface area contributed by atoms with E-state index < -0.39 is 0 Å². The molecule has 0 heterocycles. The first kappa shape index (κ1) is 26.5. The van der Waals surface area contributed by atoms with Crippen LogP contribution in [0.2, 0.25) is 0 Å². The molecule has 0 fully saturated rings. The molecule has 0 saturated carbocycles. The van der Waals surface area contributed by atoms with Gasteiger partial charge in [0.15, 0.2) is 0 Å². The van der Waals surface area contributed by atoms with Crippen molar-refractivity contribution in [2.45, 2.75) is 70.6 Å². The Morgan fingerprint density at radius 2 is 0.558 bits per heavy atom. The Morgan fingerprint density at radius 3 is 0.953 bits per heavy atom. The van der Waals surface area contributed by atoms with Gasteiger partial charge in [0.2, 0.25) is 0 Å². The summed E-state index contributed by atoms with van der Waals surface area (Å²) in [6.45, 7) is 0. The molecule has 0 nitrogen and oxygen atoms in total. The van der Waals surface area contributed by atoms with Crippen molar-refractivity contribution in [1.82, 2.24) is 0 Å². The van der Waals surface area contributed by atoms with Crippen molar-refractivity contribution < 1.29 is 0 Å². The first-order valence-electron chi connectivity index (χ1n) is 16.7. The molecule has 8 aromatic rings. The number of rotatable bonds is 12. The van der Waals surface area contributed by atoms with Crippen molar-refractivity contribution in [2.24, 2.45) is 0 Å². The van der Waals surface area contributed by atoms with Crippen LogP contribution < -0.4 is 0 Å². The molecule has 212 valence electrons. The van der Waals surface area contributed by atoms with Crippen LogP contribution in [0.4, 0.5) is 0 Å². The first-order valence-corrected chi connectivity index (χ1v) is 16.7. The van der Waals surface area contributed by atoms with Crippen molar-refractivity contribution in [3.63, 3.8) is 0 Å². The number of aryl methyl sites for hydroxylation is 2. The van der Waals surface area contributed by atoms with Crippen LogP contribution in [0.3, 0.4) is 0 Å². The molecule has 0 radical (unpaired) electrons. The Kier molecular flexibility index (Phi) is 7.08. The van der Waals surface area contributed by atoms with Gasteiger partial charge in [-0.25, -0.2) is 0 Å². The fourth-order valence-electron chi connectivity index (χ4n) is 7.90. The van der Waals surface area contributed by atoms with Crippen LogP contribution in [0.15, 0.2) is 109 Å². The second-order valence-electron chi connectivity index (χ2n) is 12.8. The Labute approximate surface area is 255 Å². The first-order chi connectivity index (χ1) is 21.3. The molecule has 0 heteroatoms. The molecule has 0 amide bonds. The minimum absolute atomic E-state index is 1.19. The number of hydrogen-bond acceptors (Lipinski definition) is 0. The molecule has 0 spiro atoms. The van der Waals surface area contributed by atoms with Gasteiger partial charge in [0.05, 0.1) is 0 Å². The molecule has 0 bridgehead atoms. The highest BCUT2D eigenvalue weighted by Gasteiger charge is 2.12. The van der Waals surface area contributed by atoms with Crippen LogP contribution in [-0.4, -0.2) is 0 Å². The lowest BCUT2D eigenvalue weighted by Crippen LogP contribution is -1.92. The summed E-state index contributed by atoms with van der Waals surface area (Å²) in [5, 5.41) is 16.9. The van der Waals surface area contributed by atoms with Crippen molar-refractivity contribution in [3.05, 3.63) is 120 Å². The monoisotopic (exact) mass is 556 g/mol. The Bertz CT molecular complexity index is 1980. The zero-order chi connectivity index (χ0) is 28.6. The quantitative estimate of drug-likeness (QED) is 0.104. The molecule has 8 aromatic carbocycles. The molecular weight excluding hydrogens is 516 g/mol. The topological polar surface area (TPSA) is 0 Å². The van der Waals surface area contributed by atoms with Crippen LogP contribution in [0.5, 0.6) is 0 Å². The fourth-order valence-corrected chi connectivity index (χ4v) is 7.90. The van der Waals surface area contributed by atoms with Gasteiger partial charge in [-0.05, 0) is 101 Å². The molecule has 0 atom stereocenters. The third-order valence-corrected chi connectivity index (χ3v) is 10.1. The van der Waals surface area contributed by atoms with Crippen molar-refractivity contribution in [2.75, 3.05) is 0 Å². The highest BCUT2D eigenvalue weighted by Crippen LogP contribution is 2.37. The smallest absolute Gasteiger partial charge is 0.00240 e. The molecule has 8 rings (SSSR count). The van der Waals surface area contributed by atoms with Crippen LogP contribution >= 0.6 is 0 Å². The molecule has 0 unspecified atom stereocenters. The van der Waals surface area contributed by atoms with E-state index in [2.05, 4.69) is 109 Å². The summed E-state index contributed by atoms with van der Waals surface area (Å²) in [6.07, 6.45) is 14.6. The summed E-state index contributed by atoms with van der Waals surface area (Å²) < 4.78 is 0. The van der Waals surface area contributed by atoms with Gasteiger partial charge >= 0.3 is 0 Å². The van der Waals surface area contributed by atoms with E-state index >= 15 is 0 Å². The van der Waals surface area contributed by atoms with E-state index in [1.54, 1.807) is 0 Å².